The van der Waals surface area contributed by atoms with E-state index in [9.17, 15) is 18.0 Å². The van der Waals surface area contributed by atoms with E-state index in [-0.39, 0.29) is 17.7 Å². The number of benzene rings is 2. The van der Waals surface area contributed by atoms with Crippen LogP contribution in [0.2, 0.25) is 5.02 Å². The number of nitrogens with zero attached hydrogens (tertiary/aromatic N) is 5. The van der Waals surface area contributed by atoms with E-state index in [2.05, 4.69) is 15.3 Å². The zero-order chi connectivity index (χ0) is 19.9. The zero-order valence-corrected chi connectivity index (χ0v) is 14.8. The lowest BCUT2D eigenvalue weighted by Gasteiger charge is -2.09. The highest BCUT2D eigenvalue weighted by molar-refractivity contribution is 6.30. The van der Waals surface area contributed by atoms with Gasteiger partial charge in [-0.1, -0.05) is 35.0 Å². The Kier molecular flexibility index (Phi) is 4.38. The Balaban J connectivity index is 1.68. The van der Waals surface area contributed by atoms with Crippen LogP contribution in [0.3, 0.4) is 0 Å². The molecule has 0 saturated carbocycles. The molecule has 0 saturated heterocycles. The molecule has 4 aromatic rings. The zero-order valence-electron chi connectivity index (χ0n) is 14.1. The van der Waals surface area contributed by atoms with Gasteiger partial charge in [0.05, 0.1) is 17.8 Å². The van der Waals surface area contributed by atoms with Gasteiger partial charge in [0.15, 0.2) is 11.2 Å². The number of hydrogen-bond donors (Lipinski definition) is 0. The van der Waals surface area contributed by atoms with Crippen LogP contribution in [0.25, 0.3) is 16.9 Å². The van der Waals surface area contributed by atoms with Gasteiger partial charge < -0.3 is 0 Å². The van der Waals surface area contributed by atoms with Crippen molar-refractivity contribution in [1.82, 2.24) is 24.5 Å². The SMILES string of the molecule is O=c1c2nnn(-c3cccc(Cl)c3)c2ncn1Cc1ccc(C(F)(F)F)cc1. The molecule has 2 heterocycles. The molecule has 0 unspecified atom stereocenters. The van der Waals surface area contributed by atoms with Gasteiger partial charge in [-0.15, -0.1) is 5.10 Å². The van der Waals surface area contributed by atoms with Crippen LogP contribution in [0.5, 0.6) is 0 Å². The van der Waals surface area contributed by atoms with E-state index in [0.29, 0.717) is 16.3 Å². The van der Waals surface area contributed by atoms with Gasteiger partial charge in [-0.25, -0.2) is 4.98 Å². The number of hydrogen-bond acceptors (Lipinski definition) is 4. The molecule has 0 radical (unpaired) electrons. The molecule has 28 heavy (non-hydrogen) atoms. The number of rotatable bonds is 3. The van der Waals surface area contributed by atoms with E-state index in [4.69, 9.17) is 11.6 Å². The molecule has 0 N–H and O–H groups in total. The standard InChI is InChI=1S/C18H11ClF3N5O/c19-13-2-1-3-14(8-13)27-16-15(24-25-27)17(28)26(10-23-16)9-11-4-6-12(7-5-11)18(20,21)22/h1-8,10H,9H2. The highest BCUT2D eigenvalue weighted by Crippen LogP contribution is 2.29. The Hall–Kier alpha value is -3.20. The van der Waals surface area contributed by atoms with Crippen molar-refractivity contribution in [2.75, 3.05) is 0 Å². The van der Waals surface area contributed by atoms with Crippen LogP contribution >= 0.6 is 11.6 Å². The minimum atomic E-state index is -4.41. The van der Waals surface area contributed by atoms with Crippen molar-refractivity contribution >= 4 is 22.8 Å². The molecule has 6 nitrogen and oxygen atoms in total. The first-order valence-corrected chi connectivity index (χ1v) is 8.43. The average Bonchev–Trinajstić information content (AvgIpc) is 3.09. The van der Waals surface area contributed by atoms with Gasteiger partial charge in [-0.2, -0.15) is 17.9 Å². The van der Waals surface area contributed by atoms with Crippen LogP contribution in [0, 0.1) is 0 Å². The third-order valence-electron chi connectivity index (χ3n) is 4.12. The lowest BCUT2D eigenvalue weighted by molar-refractivity contribution is -0.137. The predicted molar refractivity (Wildman–Crippen MR) is 96.5 cm³/mol. The molecule has 0 aliphatic heterocycles. The van der Waals surface area contributed by atoms with Crippen molar-refractivity contribution in [1.29, 1.82) is 0 Å². The van der Waals surface area contributed by atoms with E-state index in [1.165, 1.54) is 27.7 Å². The quantitative estimate of drug-likeness (QED) is 0.521. The summed E-state index contributed by atoms with van der Waals surface area (Å²) < 4.78 is 40.6. The van der Waals surface area contributed by atoms with E-state index >= 15 is 0 Å². The molecule has 0 bridgehead atoms. The minimum absolute atomic E-state index is 0.0504. The van der Waals surface area contributed by atoms with Gasteiger partial charge in [0.2, 0.25) is 0 Å². The van der Waals surface area contributed by atoms with Crippen molar-refractivity contribution in [3.8, 4) is 5.69 Å². The first-order valence-electron chi connectivity index (χ1n) is 8.06. The van der Waals surface area contributed by atoms with Crippen molar-refractivity contribution in [3.05, 3.63) is 81.4 Å². The van der Waals surface area contributed by atoms with Crippen molar-refractivity contribution < 1.29 is 13.2 Å². The summed E-state index contributed by atoms with van der Waals surface area (Å²) in [6.07, 6.45) is -3.10. The first-order chi connectivity index (χ1) is 13.3. The Morgan fingerprint density at radius 1 is 1.07 bits per heavy atom. The van der Waals surface area contributed by atoms with E-state index in [0.717, 1.165) is 12.1 Å². The lowest BCUT2D eigenvalue weighted by Crippen LogP contribution is -2.21. The number of halogens is 4. The van der Waals surface area contributed by atoms with Gasteiger partial charge in [0, 0.05) is 5.02 Å². The number of alkyl halides is 3. The molecular weight excluding hydrogens is 395 g/mol. The molecule has 142 valence electrons. The van der Waals surface area contributed by atoms with Crippen LogP contribution in [0.4, 0.5) is 13.2 Å². The Morgan fingerprint density at radius 3 is 2.50 bits per heavy atom. The van der Waals surface area contributed by atoms with Crippen molar-refractivity contribution in [2.45, 2.75) is 12.7 Å². The minimum Gasteiger partial charge on any atom is -0.293 e. The summed E-state index contributed by atoms with van der Waals surface area (Å²) >= 11 is 5.98. The summed E-state index contributed by atoms with van der Waals surface area (Å²) in [6.45, 7) is 0.0595. The molecule has 2 aromatic heterocycles. The Labute approximate surface area is 160 Å². The van der Waals surface area contributed by atoms with E-state index < -0.39 is 17.3 Å². The summed E-state index contributed by atoms with van der Waals surface area (Å²) in [5, 5.41) is 8.36. The average molecular weight is 406 g/mol. The smallest absolute Gasteiger partial charge is 0.293 e. The molecule has 0 aliphatic rings. The molecule has 0 spiro atoms. The lowest BCUT2D eigenvalue weighted by atomic mass is 10.1. The first kappa shape index (κ1) is 18.2. The molecule has 2 aromatic carbocycles. The van der Waals surface area contributed by atoms with Crippen molar-refractivity contribution in [2.24, 2.45) is 0 Å². The van der Waals surface area contributed by atoms with Gasteiger partial charge >= 0.3 is 6.18 Å². The Bertz CT molecular complexity index is 1210. The normalized spacial score (nSPS) is 11.9. The van der Waals surface area contributed by atoms with Gasteiger partial charge in [0.1, 0.15) is 6.33 Å². The third kappa shape index (κ3) is 3.36. The summed E-state index contributed by atoms with van der Waals surface area (Å²) in [5.74, 6) is 0. The Morgan fingerprint density at radius 2 is 1.82 bits per heavy atom. The van der Waals surface area contributed by atoms with E-state index in [1.807, 2.05) is 0 Å². The fourth-order valence-corrected chi connectivity index (χ4v) is 2.92. The largest absolute Gasteiger partial charge is 0.416 e. The molecule has 0 atom stereocenters. The monoisotopic (exact) mass is 405 g/mol. The predicted octanol–water partition coefficient (Wildman–Crippen LogP) is 3.70. The summed E-state index contributed by atoms with van der Waals surface area (Å²) in [4.78, 5) is 16.9. The highest BCUT2D eigenvalue weighted by atomic mass is 35.5. The fourth-order valence-electron chi connectivity index (χ4n) is 2.73. The second kappa shape index (κ2) is 6.75. The topological polar surface area (TPSA) is 65.6 Å². The fraction of sp³-hybridized carbons (Fsp3) is 0.111. The number of aromatic nitrogens is 5. The second-order valence-corrected chi connectivity index (χ2v) is 6.46. The maximum absolute atomic E-state index is 12.7. The molecule has 4 rings (SSSR count). The summed E-state index contributed by atoms with van der Waals surface area (Å²) in [5.41, 5.74) is 0.242. The van der Waals surface area contributed by atoms with Crippen molar-refractivity contribution in [3.63, 3.8) is 0 Å². The maximum Gasteiger partial charge on any atom is 0.416 e. The summed E-state index contributed by atoms with van der Waals surface area (Å²) in [7, 11) is 0. The van der Waals surface area contributed by atoms with Crippen LogP contribution in [0.1, 0.15) is 11.1 Å². The van der Waals surface area contributed by atoms with Crippen LogP contribution in [-0.2, 0) is 12.7 Å². The van der Waals surface area contributed by atoms with Gasteiger partial charge in [-0.05, 0) is 35.9 Å². The number of fused-ring (bicyclic) bond motifs is 1. The molecule has 0 aliphatic carbocycles. The van der Waals surface area contributed by atoms with Gasteiger partial charge in [-0.3, -0.25) is 9.36 Å². The highest BCUT2D eigenvalue weighted by Gasteiger charge is 2.29. The maximum atomic E-state index is 12.7. The van der Waals surface area contributed by atoms with Crippen LogP contribution in [0.15, 0.2) is 59.7 Å². The third-order valence-corrected chi connectivity index (χ3v) is 4.35. The molecule has 0 fully saturated rings. The second-order valence-electron chi connectivity index (χ2n) is 6.03. The summed E-state index contributed by atoms with van der Waals surface area (Å²) in [6, 6.07) is 11.4. The molecule has 0 amide bonds. The van der Waals surface area contributed by atoms with E-state index in [1.54, 1.807) is 24.3 Å². The van der Waals surface area contributed by atoms with Gasteiger partial charge in [0.25, 0.3) is 5.56 Å². The molecular formula is C18H11ClF3N5O. The van der Waals surface area contributed by atoms with Crippen LogP contribution < -0.4 is 5.56 Å². The molecule has 10 heteroatoms. The van der Waals surface area contributed by atoms with Crippen LogP contribution in [-0.4, -0.2) is 24.5 Å².